The molecule has 1 aromatic heterocycles. The Balaban J connectivity index is 2.71. The lowest BCUT2D eigenvalue weighted by Crippen LogP contribution is -2.40. The highest BCUT2D eigenvalue weighted by molar-refractivity contribution is 9.10. The fraction of sp³-hybridized carbons (Fsp3) is 0.455. The molecule has 6 heteroatoms. The molecule has 17 heavy (non-hydrogen) atoms. The molecule has 1 heterocycles. The number of carbonyl (C=O) groups excluding carboxylic acids is 1. The first-order valence-corrected chi connectivity index (χ1v) is 6.50. The summed E-state index contributed by atoms with van der Waals surface area (Å²) in [6, 6.07) is 1.17. The zero-order chi connectivity index (χ0) is 13.0. The number of hydrogen-bond donors (Lipinski definition) is 2. The molecule has 0 saturated carbocycles. The van der Waals surface area contributed by atoms with Crippen LogP contribution in [0, 0.1) is 5.92 Å². The molecule has 0 radical (unpaired) electrons. The molecular formula is C11H15BrClN3O. The monoisotopic (exact) mass is 319 g/mol. The molecule has 3 N–H and O–H groups in total. The molecular weight excluding hydrogens is 305 g/mol. The van der Waals surface area contributed by atoms with E-state index in [1.165, 1.54) is 6.20 Å². The van der Waals surface area contributed by atoms with Crippen LogP contribution >= 0.6 is 27.5 Å². The van der Waals surface area contributed by atoms with Gasteiger partial charge in [-0.1, -0.05) is 31.9 Å². The van der Waals surface area contributed by atoms with Gasteiger partial charge in [0.05, 0.1) is 22.4 Å². The summed E-state index contributed by atoms with van der Waals surface area (Å²) < 4.78 is 0.633. The number of halogens is 2. The van der Waals surface area contributed by atoms with E-state index in [0.29, 0.717) is 15.3 Å². The maximum atomic E-state index is 11.8. The molecule has 0 unspecified atom stereocenters. The average Bonchev–Trinajstić information content (AvgIpc) is 2.31. The van der Waals surface area contributed by atoms with Gasteiger partial charge >= 0.3 is 0 Å². The van der Waals surface area contributed by atoms with Crippen molar-refractivity contribution in [1.29, 1.82) is 0 Å². The fourth-order valence-electron chi connectivity index (χ4n) is 1.23. The molecule has 1 rings (SSSR count). The molecule has 0 saturated heterocycles. The van der Waals surface area contributed by atoms with Crippen molar-refractivity contribution >= 4 is 39.1 Å². The Morgan fingerprint density at radius 2 is 2.35 bits per heavy atom. The van der Waals surface area contributed by atoms with E-state index in [-0.39, 0.29) is 11.8 Å². The number of nitrogens with two attached hydrogens (primary N) is 1. The van der Waals surface area contributed by atoms with E-state index < -0.39 is 6.04 Å². The number of nitrogens with one attached hydrogen (secondary N) is 1. The second kappa shape index (κ2) is 6.33. The Hall–Kier alpha value is -0.650. The highest BCUT2D eigenvalue weighted by atomic mass is 79.9. The summed E-state index contributed by atoms with van der Waals surface area (Å²) >= 11 is 9.00. The Kier molecular flexibility index (Phi) is 5.36. The zero-order valence-corrected chi connectivity index (χ0v) is 12.0. The summed E-state index contributed by atoms with van der Waals surface area (Å²) in [7, 11) is 0. The Morgan fingerprint density at radius 1 is 1.71 bits per heavy atom. The van der Waals surface area contributed by atoms with Crippen LogP contribution in [0.1, 0.15) is 20.3 Å². The van der Waals surface area contributed by atoms with Crippen molar-refractivity contribution in [2.75, 3.05) is 5.32 Å². The first kappa shape index (κ1) is 14.4. The van der Waals surface area contributed by atoms with Crippen molar-refractivity contribution in [2.45, 2.75) is 26.3 Å². The lowest BCUT2D eigenvalue weighted by atomic mass is 9.99. The Bertz CT molecular complexity index is 414. The first-order chi connectivity index (χ1) is 7.95. The molecule has 4 nitrogen and oxygen atoms in total. The number of anilines is 1. The summed E-state index contributed by atoms with van der Waals surface area (Å²) in [5.41, 5.74) is 6.39. The minimum Gasteiger partial charge on any atom is -0.323 e. The van der Waals surface area contributed by atoms with Gasteiger partial charge in [-0.3, -0.25) is 4.79 Å². The summed E-state index contributed by atoms with van der Waals surface area (Å²) in [6.45, 7) is 3.94. The average molecular weight is 321 g/mol. The van der Waals surface area contributed by atoms with E-state index in [9.17, 15) is 4.79 Å². The molecule has 0 aliphatic carbocycles. The molecule has 0 spiro atoms. The number of hydrogen-bond acceptors (Lipinski definition) is 3. The van der Waals surface area contributed by atoms with Gasteiger partial charge in [0.1, 0.15) is 5.15 Å². The highest BCUT2D eigenvalue weighted by Crippen LogP contribution is 2.23. The van der Waals surface area contributed by atoms with Crippen LogP contribution < -0.4 is 11.1 Å². The quantitative estimate of drug-likeness (QED) is 0.838. The van der Waals surface area contributed by atoms with Gasteiger partial charge in [-0.25, -0.2) is 4.98 Å². The molecule has 1 amide bonds. The number of rotatable bonds is 4. The van der Waals surface area contributed by atoms with Crippen LogP contribution in [0.4, 0.5) is 5.69 Å². The summed E-state index contributed by atoms with van der Waals surface area (Å²) in [6.07, 6.45) is 2.35. The van der Waals surface area contributed by atoms with E-state index in [1.54, 1.807) is 6.07 Å². The minimum atomic E-state index is -0.519. The van der Waals surface area contributed by atoms with Crippen molar-refractivity contribution in [3.63, 3.8) is 0 Å². The molecule has 0 aromatic carbocycles. The number of carbonyl (C=O) groups is 1. The van der Waals surface area contributed by atoms with E-state index in [2.05, 4.69) is 26.2 Å². The second-order valence-electron chi connectivity index (χ2n) is 3.90. The SMILES string of the molecule is CC[C@H](C)[C@H](N)C(=O)Nc1cnc(Cl)c(Br)c1. The van der Waals surface area contributed by atoms with Gasteiger partial charge in [0.25, 0.3) is 0 Å². The third-order valence-electron chi connectivity index (χ3n) is 2.62. The third-order valence-corrected chi connectivity index (χ3v) is 3.76. The third kappa shape index (κ3) is 3.94. The maximum Gasteiger partial charge on any atom is 0.241 e. The molecule has 1 aromatic rings. The lowest BCUT2D eigenvalue weighted by molar-refractivity contribution is -0.118. The van der Waals surface area contributed by atoms with Crippen molar-refractivity contribution in [1.82, 2.24) is 4.98 Å². The molecule has 0 bridgehead atoms. The molecule has 0 aliphatic rings. The fourth-order valence-corrected chi connectivity index (χ4v) is 1.68. The highest BCUT2D eigenvalue weighted by Gasteiger charge is 2.19. The normalized spacial score (nSPS) is 14.2. The van der Waals surface area contributed by atoms with Crippen molar-refractivity contribution in [3.05, 3.63) is 21.9 Å². The molecule has 2 atom stereocenters. The summed E-state index contributed by atoms with van der Waals surface area (Å²) in [5.74, 6) is -0.0749. The van der Waals surface area contributed by atoms with Crippen LogP contribution in [-0.4, -0.2) is 16.9 Å². The minimum absolute atomic E-state index is 0.138. The van der Waals surface area contributed by atoms with Gasteiger partial charge in [0.2, 0.25) is 5.91 Å². The van der Waals surface area contributed by atoms with E-state index in [4.69, 9.17) is 17.3 Å². The topological polar surface area (TPSA) is 68.0 Å². The van der Waals surface area contributed by atoms with Crippen molar-refractivity contribution in [2.24, 2.45) is 11.7 Å². The van der Waals surface area contributed by atoms with Crippen LogP contribution in [-0.2, 0) is 4.79 Å². The summed E-state index contributed by atoms with van der Waals surface area (Å²) in [5, 5.41) is 3.07. The maximum absolute atomic E-state index is 11.8. The largest absolute Gasteiger partial charge is 0.323 e. The standard InChI is InChI=1S/C11H15BrClN3O/c1-3-6(2)9(14)11(17)16-7-4-8(12)10(13)15-5-7/h4-6,9H,3,14H2,1-2H3,(H,16,17)/t6-,9-/m0/s1. The van der Waals surface area contributed by atoms with Crippen LogP contribution in [0.3, 0.4) is 0 Å². The van der Waals surface area contributed by atoms with Crippen LogP contribution in [0.25, 0.3) is 0 Å². The predicted octanol–water partition coefficient (Wildman–Crippen LogP) is 2.81. The zero-order valence-electron chi connectivity index (χ0n) is 9.71. The molecule has 0 fully saturated rings. The van der Waals surface area contributed by atoms with Crippen LogP contribution in [0.15, 0.2) is 16.7 Å². The smallest absolute Gasteiger partial charge is 0.241 e. The Labute approximate surface area is 114 Å². The second-order valence-corrected chi connectivity index (χ2v) is 5.11. The number of nitrogens with zero attached hydrogens (tertiary/aromatic N) is 1. The van der Waals surface area contributed by atoms with E-state index in [0.717, 1.165) is 6.42 Å². The summed E-state index contributed by atoms with van der Waals surface area (Å²) in [4.78, 5) is 15.7. The van der Waals surface area contributed by atoms with Crippen LogP contribution in [0.2, 0.25) is 5.15 Å². The predicted molar refractivity (Wildman–Crippen MR) is 73.0 cm³/mol. The van der Waals surface area contributed by atoms with Gasteiger partial charge in [-0.15, -0.1) is 0 Å². The van der Waals surface area contributed by atoms with Gasteiger partial charge in [0, 0.05) is 0 Å². The Morgan fingerprint density at radius 3 is 2.88 bits per heavy atom. The molecule has 94 valence electrons. The van der Waals surface area contributed by atoms with E-state index in [1.807, 2.05) is 13.8 Å². The van der Waals surface area contributed by atoms with Gasteiger partial charge < -0.3 is 11.1 Å². The van der Waals surface area contributed by atoms with Gasteiger partial charge in [-0.2, -0.15) is 0 Å². The van der Waals surface area contributed by atoms with Crippen molar-refractivity contribution < 1.29 is 4.79 Å². The number of aromatic nitrogens is 1. The number of pyridine rings is 1. The van der Waals surface area contributed by atoms with Crippen LogP contribution in [0.5, 0.6) is 0 Å². The lowest BCUT2D eigenvalue weighted by Gasteiger charge is -2.17. The van der Waals surface area contributed by atoms with E-state index >= 15 is 0 Å². The van der Waals surface area contributed by atoms with Gasteiger partial charge in [-0.05, 0) is 27.9 Å². The number of amides is 1. The molecule has 0 aliphatic heterocycles. The van der Waals surface area contributed by atoms with Crippen molar-refractivity contribution in [3.8, 4) is 0 Å². The van der Waals surface area contributed by atoms with Gasteiger partial charge in [0.15, 0.2) is 0 Å². The first-order valence-electron chi connectivity index (χ1n) is 5.33.